The fourth-order valence-corrected chi connectivity index (χ4v) is 5.53. The van der Waals surface area contributed by atoms with Crippen molar-refractivity contribution in [2.75, 3.05) is 0 Å². The Balaban J connectivity index is 1.43. The predicted octanol–water partition coefficient (Wildman–Crippen LogP) is 6.31. The van der Waals surface area contributed by atoms with E-state index in [1.165, 1.54) is 57.8 Å². The van der Waals surface area contributed by atoms with Gasteiger partial charge >= 0.3 is 0 Å². The first-order valence-corrected chi connectivity index (χ1v) is 9.53. The van der Waals surface area contributed by atoms with Gasteiger partial charge in [-0.2, -0.15) is 0 Å². The second-order valence-electron chi connectivity index (χ2n) is 8.11. The summed E-state index contributed by atoms with van der Waals surface area (Å²) in [6, 6.07) is 0. The van der Waals surface area contributed by atoms with Crippen molar-refractivity contribution in [3.63, 3.8) is 0 Å². The molecule has 0 heterocycles. The molecule has 3 aliphatic rings. The van der Waals surface area contributed by atoms with Crippen molar-refractivity contribution in [1.29, 1.82) is 0 Å². The first-order valence-electron chi connectivity index (χ1n) is 9.53. The SMILES string of the molecule is C=CC1CCC(C2CCC(C3CCCC(F)C3)CC2)CC1. The highest BCUT2D eigenvalue weighted by Crippen LogP contribution is 2.45. The Labute approximate surface area is 130 Å². The monoisotopic (exact) mass is 292 g/mol. The molecule has 0 bridgehead atoms. The third kappa shape index (κ3) is 3.90. The molecule has 21 heavy (non-hydrogen) atoms. The Morgan fingerprint density at radius 2 is 1.19 bits per heavy atom. The number of hydrogen-bond acceptors (Lipinski definition) is 0. The van der Waals surface area contributed by atoms with Crippen LogP contribution in [0.15, 0.2) is 12.7 Å². The van der Waals surface area contributed by atoms with Crippen molar-refractivity contribution >= 4 is 0 Å². The Morgan fingerprint density at radius 3 is 1.71 bits per heavy atom. The minimum atomic E-state index is -0.490. The molecule has 0 spiro atoms. The van der Waals surface area contributed by atoms with Gasteiger partial charge in [-0.05, 0) is 100 Å². The summed E-state index contributed by atoms with van der Waals surface area (Å²) in [6.07, 6.45) is 17.1. The van der Waals surface area contributed by atoms with Crippen molar-refractivity contribution in [2.24, 2.45) is 29.6 Å². The molecule has 0 nitrogen and oxygen atoms in total. The largest absolute Gasteiger partial charge is 0.247 e. The molecule has 0 aromatic rings. The Morgan fingerprint density at radius 1 is 0.667 bits per heavy atom. The number of alkyl halides is 1. The van der Waals surface area contributed by atoms with Crippen molar-refractivity contribution in [3.8, 4) is 0 Å². The summed E-state index contributed by atoms with van der Waals surface area (Å²) in [5.41, 5.74) is 0. The van der Waals surface area contributed by atoms with Gasteiger partial charge in [-0.1, -0.05) is 12.5 Å². The van der Waals surface area contributed by atoms with E-state index in [4.69, 9.17) is 0 Å². The van der Waals surface area contributed by atoms with Gasteiger partial charge in [0.05, 0.1) is 0 Å². The molecule has 1 heteroatoms. The summed E-state index contributed by atoms with van der Waals surface area (Å²) in [6.45, 7) is 3.96. The normalized spacial score (nSPS) is 45.2. The first-order chi connectivity index (χ1) is 10.3. The predicted molar refractivity (Wildman–Crippen MR) is 87.9 cm³/mol. The second kappa shape index (κ2) is 7.29. The highest BCUT2D eigenvalue weighted by molar-refractivity contribution is 4.89. The fourth-order valence-electron chi connectivity index (χ4n) is 5.53. The smallest absolute Gasteiger partial charge is 0.100 e. The van der Waals surface area contributed by atoms with E-state index in [1.807, 2.05) is 0 Å². The molecule has 2 atom stereocenters. The highest BCUT2D eigenvalue weighted by Gasteiger charge is 2.34. The molecule has 0 aliphatic heterocycles. The molecule has 0 aromatic heterocycles. The molecule has 3 aliphatic carbocycles. The molecule has 0 N–H and O–H groups in total. The minimum absolute atomic E-state index is 0.490. The lowest BCUT2D eigenvalue weighted by atomic mass is 9.65. The van der Waals surface area contributed by atoms with Crippen LogP contribution in [0.3, 0.4) is 0 Å². The summed E-state index contributed by atoms with van der Waals surface area (Å²) in [4.78, 5) is 0. The fraction of sp³-hybridized carbons (Fsp3) is 0.900. The maximum atomic E-state index is 13.6. The van der Waals surface area contributed by atoms with E-state index < -0.39 is 6.17 Å². The first kappa shape index (κ1) is 15.6. The van der Waals surface area contributed by atoms with Crippen LogP contribution in [0.4, 0.5) is 4.39 Å². The van der Waals surface area contributed by atoms with E-state index in [9.17, 15) is 4.39 Å². The molecular weight excluding hydrogens is 259 g/mol. The van der Waals surface area contributed by atoms with E-state index in [-0.39, 0.29) is 0 Å². The lowest BCUT2D eigenvalue weighted by Gasteiger charge is -2.40. The average Bonchev–Trinajstić information content (AvgIpc) is 2.55. The standard InChI is InChI=1S/C20H33F/c1-2-15-6-8-16(9-7-15)17-10-12-18(13-11-17)19-4-3-5-20(21)14-19/h2,15-20H,1,3-14H2. The Hall–Kier alpha value is -0.330. The highest BCUT2D eigenvalue weighted by atomic mass is 19.1. The summed E-state index contributed by atoms with van der Waals surface area (Å²) in [5, 5.41) is 0. The summed E-state index contributed by atoms with van der Waals surface area (Å²) < 4.78 is 13.6. The molecule has 0 saturated heterocycles. The van der Waals surface area contributed by atoms with Gasteiger partial charge in [0.15, 0.2) is 0 Å². The zero-order valence-electron chi connectivity index (χ0n) is 13.6. The van der Waals surface area contributed by atoms with Gasteiger partial charge in [-0.25, -0.2) is 4.39 Å². The van der Waals surface area contributed by atoms with Gasteiger partial charge in [0.25, 0.3) is 0 Å². The Bertz CT molecular complexity index is 321. The third-order valence-electron chi connectivity index (χ3n) is 6.95. The molecular formula is C20H33F. The molecule has 0 radical (unpaired) electrons. The van der Waals surface area contributed by atoms with Crippen LogP contribution in [0.5, 0.6) is 0 Å². The van der Waals surface area contributed by atoms with Crippen molar-refractivity contribution in [2.45, 2.75) is 83.2 Å². The van der Waals surface area contributed by atoms with Crippen molar-refractivity contribution in [1.82, 2.24) is 0 Å². The van der Waals surface area contributed by atoms with E-state index in [1.54, 1.807) is 0 Å². The van der Waals surface area contributed by atoms with Crippen LogP contribution in [0.2, 0.25) is 0 Å². The van der Waals surface area contributed by atoms with Crippen LogP contribution >= 0.6 is 0 Å². The Kier molecular flexibility index (Phi) is 5.40. The number of halogens is 1. The van der Waals surface area contributed by atoms with Crippen molar-refractivity contribution in [3.05, 3.63) is 12.7 Å². The summed E-state index contributed by atoms with van der Waals surface area (Å²) in [7, 11) is 0. The van der Waals surface area contributed by atoms with E-state index >= 15 is 0 Å². The van der Waals surface area contributed by atoms with Gasteiger partial charge in [-0.15, -0.1) is 6.58 Å². The topological polar surface area (TPSA) is 0 Å². The molecule has 2 unspecified atom stereocenters. The van der Waals surface area contributed by atoms with E-state index in [0.717, 1.165) is 42.9 Å². The molecule has 0 amide bonds. The number of allylic oxidation sites excluding steroid dienone is 1. The molecule has 3 fully saturated rings. The maximum absolute atomic E-state index is 13.6. The zero-order chi connectivity index (χ0) is 14.7. The lowest BCUT2D eigenvalue weighted by Crippen LogP contribution is -2.30. The van der Waals surface area contributed by atoms with Gasteiger partial charge in [-0.3, -0.25) is 0 Å². The van der Waals surface area contributed by atoms with Crippen LogP contribution in [-0.4, -0.2) is 6.17 Å². The van der Waals surface area contributed by atoms with E-state index in [0.29, 0.717) is 5.92 Å². The van der Waals surface area contributed by atoms with Gasteiger partial charge in [0, 0.05) is 0 Å². The van der Waals surface area contributed by atoms with E-state index in [2.05, 4.69) is 12.7 Å². The number of rotatable bonds is 3. The van der Waals surface area contributed by atoms with Crippen LogP contribution in [-0.2, 0) is 0 Å². The molecule has 120 valence electrons. The molecule has 0 aromatic carbocycles. The van der Waals surface area contributed by atoms with Crippen molar-refractivity contribution < 1.29 is 4.39 Å². The van der Waals surface area contributed by atoms with Crippen LogP contribution in [0, 0.1) is 29.6 Å². The average molecular weight is 292 g/mol. The molecule has 3 rings (SSSR count). The second-order valence-corrected chi connectivity index (χ2v) is 8.11. The zero-order valence-corrected chi connectivity index (χ0v) is 13.6. The summed E-state index contributed by atoms with van der Waals surface area (Å²) >= 11 is 0. The minimum Gasteiger partial charge on any atom is -0.247 e. The third-order valence-corrected chi connectivity index (χ3v) is 6.95. The van der Waals surface area contributed by atoms with Crippen LogP contribution < -0.4 is 0 Å². The van der Waals surface area contributed by atoms with Crippen LogP contribution in [0.1, 0.15) is 77.0 Å². The van der Waals surface area contributed by atoms with Gasteiger partial charge in [0.2, 0.25) is 0 Å². The quantitative estimate of drug-likeness (QED) is 0.534. The number of hydrogen-bond donors (Lipinski definition) is 0. The van der Waals surface area contributed by atoms with Gasteiger partial charge < -0.3 is 0 Å². The molecule has 3 saturated carbocycles. The van der Waals surface area contributed by atoms with Gasteiger partial charge in [0.1, 0.15) is 6.17 Å². The lowest BCUT2D eigenvalue weighted by molar-refractivity contribution is 0.0938. The maximum Gasteiger partial charge on any atom is 0.100 e. The summed E-state index contributed by atoms with van der Waals surface area (Å²) in [5.74, 6) is 4.33. The van der Waals surface area contributed by atoms with Crippen LogP contribution in [0.25, 0.3) is 0 Å².